The number of benzene rings is 1. The van der Waals surface area contributed by atoms with E-state index in [4.69, 9.17) is 0 Å². The lowest BCUT2D eigenvalue weighted by Crippen LogP contribution is -2.35. The zero-order valence-corrected chi connectivity index (χ0v) is 14.3. The lowest BCUT2D eigenvalue weighted by Gasteiger charge is -2.24. The third-order valence-electron chi connectivity index (χ3n) is 4.46. The van der Waals surface area contributed by atoms with Gasteiger partial charge in [-0.25, -0.2) is 14.4 Å². The molecule has 0 radical (unpaired) electrons. The highest BCUT2D eigenvalue weighted by atomic mass is 19.1. The molecule has 1 aliphatic rings. The minimum absolute atomic E-state index is 0.335. The lowest BCUT2D eigenvalue weighted by molar-refractivity contribution is 0.478. The first-order chi connectivity index (χ1) is 12.8. The monoisotopic (exact) mass is 349 g/mol. The number of hydrogen-bond acceptors (Lipinski definition) is 5. The van der Waals surface area contributed by atoms with E-state index in [0.717, 1.165) is 31.6 Å². The van der Waals surface area contributed by atoms with Crippen molar-refractivity contribution in [2.24, 2.45) is 0 Å². The van der Waals surface area contributed by atoms with Gasteiger partial charge in [-0.05, 0) is 50.2 Å². The van der Waals surface area contributed by atoms with Crippen molar-refractivity contribution >= 4 is 5.82 Å². The van der Waals surface area contributed by atoms with Gasteiger partial charge in [0, 0.05) is 18.3 Å². The Morgan fingerprint density at radius 3 is 2.54 bits per heavy atom. The summed E-state index contributed by atoms with van der Waals surface area (Å²) in [6, 6.07) is 14.5. The molecule has 3 aromatic rings. The maximum atomic E-state index is 14.3. The number of hydrogen-bond donors (Lipinski definition) is 2. The van der Waals surface area contributed by atoms with Crippen LogP contribution in [0.2, 0.25) is 0 Å². The predicted octanol–water partition coefficient (Wildman–Crippen LogP) is 3.51. The van der Waals surface area contributed by atoms with Gasteiger partial charge in [0.1, 0.15) is 11.6 Å². The Labute approximate surface area is 151 Å². The fourth-order valence-corrected chi connectivity index (χ4v) is 3.11. The first-order valence-corrected chi connectivity index (χ1v) is 8.82. The molecule has 0 saturated carbocycles. The second kappa shape index (κ2) is 7.58. The largest absolute Gasteiger partial charge is 0.367 e. The van der Waals surface area contributed by atoms with Crippen LogP contribution < -0.4 is 10.6 Å². The second-order valence-electron chi connectivity index (χ2n) is 6.33. The summed E-state index contributed by atoms with van der Waals surface area (Å²) in [5, 5.41) is 6.83. The summed E-state index contributed by atoms with van der Waals surface area (Å²) in [6.45, 7) is 1.96. The van der Waals surface area contributed by atoms with E-state index in [1.54, 1.807) is 24.4 Å². The Morgan fingerprint density at radius 2 is 1.77 bits per heavy atom. The molecule has 6 heteroatoms. The van der Waals surface area contributed by atoms with Crippen molar-refractivity contribution < 1.29 is 4.39 Å². The topological polar surface area (TPSA) is 62.7 Å². The van der Waals surface area contributed by atoms with Crippen LogP contribution in [0.3, 0.4) is 0 Å². The third-order valence-corrected chi connectivity index (χ3v) is 4.46. The molecule has 1 saturated heterocycles. The molecule has 2 N–H and O–H groups in total. The second-order valence-corrected chi connectivity index (χ2v) is 6.33. The van der Waals surface area contributed by atoms with Gasteiger partial charge >= 0.3 is 0 Å². The molecule has 3 heterocycles. The van der Waals surface area contributed by atoms with Gasteiger partial charge in [-0.15, -0.1) is 0 Å². The van der Waals surface area contributed by atoms with E-state index < -0.39 is 0 Å². The quantitative estimate of drug-likeness (QED) is 0.755. The van der Waals surface area contributed by atoms with Crippen LogP contribution in [-0.4, -0.2) is 34.1 Å². The van der Waals surface area contributed by atoms with Gasteiger partial charge in [-0.3, -0.25) is 4.98 Å². The number of aromatic nitrogens is 3. The Bertz CT molecular complexity index is 878. The molecule has 26 heavy (non-hydrogen) atoms. The van der Waals surface area contributed by atoms with Gasteiger partial charge in [-0.2, -0.15) is 0 Å². The molecule has 0 bridgehead atoms. The molecule has 132 valence electrons. The van der Waals surface area contributed by atoms with Gasteiger partial charge in [0.2, 0.25) is 0 Å². The van der Waals surface area contributed by atoms with Crippen LogP contribution in [0, 0.1) is 5.82 Å². The van der Waals surface area contributed by atoms with Crippen molar-refractivity contribution in [3.63, 3.8) is 0 Å². The van der Waals surface area contributed by atoms with Gasteiger partial charge in [0.05, 0.1) is 17.0 Å². The minimum Gasteiger partial charge on any atom is -0.367 e. The Balaban J connectivity index is 1.75. The van der Waals surface area contributed by atoms with E-state index in [0.29, 0.717) is 28.9 Å². The first-order valence-electron chi connectivity index (χ1n) is 8.82. The summed E-state index contributed by atoms with van der Waals surface area (Å²) in [7, 11) is 0. The average molecular weight is 349 g/mol. The Hall–Kier alpha value is -2.86. The summed E-state index contributed by atoms with van der Waals surface area (Å²) in [6.07, 6.45) is 3.77. The van der Waals surface area contributed by atoms with E-state index in [2.05, 4.69) is 25.6 Å². The lowest BCUT2D eigenvalue weighted by atomic mass is 10.1. The average Bonchev–Trinajstić information content (AvgIpc) is 2.69. The number of piperidine rings is 1. The number of halogens is 1. The standard InChI is InChI=1S/C20H20FN5/c21-16-6-2-1-5-15(16)20-25-18(17-7-3-4-10-23-17)13-19(26-20)24-14-8-11-22-12-9-14/h1-7,10,13-14,22H,8-9,11-12H2,(H,24,25,26). The number of rotatable bonds is 4. The van der Waals surface area contributed by atoms with Crippen LogP contribution in [0.5, 0.6) is 0 Å². The van der Waals surface area contributed by atoms with Crippen molar-refractivity contribution in [3.05, 3.63) is 60.5 Å². The number of pyridine rings is 1. The van der Waals surface area contributed by atoms with E-state index in [1.165, 1.54) is 6.07 Å². The molecule has 5 nitrogen and oxygen atoms in total. The Morgan fingerprint density at radius 1 is 0.962 bits per heavy atom. The highest BCUT2D eigenvalue weighted by molar-refractivity contribution is 5.65. The van der Waals surface area contributed by atoms with Crippen molar-refractivity contribution in [2.75, 3.05) is 18.4 Å². The number of nitrogens with zero attached hydrogens (tertiary/aromatic N) is 3. The number of nitrogens with one attached hydrogen (secondary N) is 2. The summed E-state index contributed by atoms with van der Waals surface area (Å²) in [4.78, 5) is 13.5. The summed E-state index contributed by atoms with van der Waals surface area (Å²) in [5.41, 5.74) is 1.80. The molecule has 0 atom stereocenters. The van der Waals surface area contributed by atoms with E-state index in [9.17, 15) is 4.39 Å². The highest BCUT2D eigenvalue weighted by Crippen LogP contribution is 2.25. The molecule has 1 aromatic carbocycles. The summed E-state index contributed by atoms with van der Waals surface area (Å²) in [5.74, 6) is 0.729. The minimum atomic E-state index is -0.335. The smallest absolute Gasteiger partial charge is 0.165 e. The third kappa shape index (κ3) is 3.70. The zero-order chi connectivity index (χ0) is 17.8. The number of anilines is 1. The Kier molecular flexibility index (Phi) is 4.84. The predicted molar refractivity (Wildman–Crippen MR) is 100 cm³/mol. The van der Waals surface area contributed by atoms with Crippen LogP contribution in [0.25, 0.3) is 22.8 Å². The molecule has 0 amide bonds. The van der Waals surface area contributed by atoms with Crippen LogP contribution in [0.15, 0.2) is 54.7 Å². The maximum Gasteiger partial charge on any atom is 0.165 e. The van der Waals surface area contributed by atoms with Crippen LogP contribution >= 0.6 is 0 Å². The van der Waals surface area contributed by atoms with E-state index in [1.807, 2.05) is 24.3 Å². The molecule has 2 aromatic heterocycles. The molecule has 0 unspecified atom stereocenters. The van der Waals surface area contributed by atoms with Gasteiger partial charge in [-0.1, -0.05) is 18.2 Å². The first kappa shape index (κ1) is 16.6. The SMILES string of the molecule is Fc1ccccc1-c1nc(NC2CCNCC2)cc(-c2ccccn2)n1. The van der Waals surface area contributed by atoms with Crippen LogP contribution in [0.4, 0.5) is 10.2 Å². The van der Waals surface area contributed by atoms with E-state index >= 15 is 0 Å². The molecule has 1 aliphatic heterocycles. The molecule has 0 aliphatic carbocycles. The summed E-state index contributed by atoms with van der Waals surface area (Å²) < 4.78 is 14.3. The zero-order valence-electron chi connectivity index (χ0n) is 14.3. The van der Waals surface area contributed by atoms with Crippen molar-refractivity contribution in [3.8, 4) is 22.8 Å². The normalized spacial score (nSPS) is 15.0. The maximum absolute atomic E-state index is 14.3. The van der Waals surface area contributed by atoms with Gasteiger partial charge in [0.25, 0.3) is 0 Å². The fraction of sp³-hybridized carbons (Fsp3) is 0.250. The van der Waals surface area contributed by atoms with Crippen molar-refractivity contribution in [2.45, 2.75) is 18.9 Å². The van der Waals surface area contributed by atoms with Crippen molar-refractivity contribution in [1.82, 2.24) is 20.3 Å². The van der Waals surface area contributed by atoms with Gasteiger partial charge < -0.3 is 10.6 Å². The molecular weight excluding hydrogens is 329 g/mol. The van der Waals surface area contributed by atoms with Crippen LogP contribution in [0.1, 0.15) is 12.8 Å². The molecule has 1 fully saturated rings. The van der Waals surface area contributed by atoms with Crippen molar-refractivity contribution in [1.29, 1.82) is 0 Å². The van der Waals surface area contributed by atoms with E-state index in [-0.39, 0.29) is 5.82 Å². The molecule has 4 rings (SSSR count). The van der Waals surface area contributed by atoms with Crippen LogP contribution in [-0.2, 0) is 0 Å². The highest BCUT2D eigenvalue weighted by Gasteiger charge is 2.16. The van der Waals surface area contributed by atoms with Gasteiger partial charge in [0.15, 0.2) is 5.82 Å². The summed E-state index contributed by atoms with van der Waals surface area (Å²) >= 11 is 0. The molecule has 0 spiro atoms. The molecular formula is C20H20FN5. The fourth-order valence-electron chi connectivity index (χ4n) is 3.11.